The van der Waals surface area contributed by atoms with Gasteiger partial charge in [0, 0.05) is 6.54 Å². The molecule has 0 spiro atoms. The summed E-state index contributed by atoms with van der Waals surface area (Å²) in [6.07, 6.45) is 1.96. The third-order valence-corrected chi connectivity index (χ3v) is 2.73. The Hall–Kier alpha value is -0.890. The smallest absolute Gasteiger partial charge is 0.126 e. The molecule has 0 saturated heterocycles. The standard InChI is InChI=1S/C12H18FN/c1-3-10(4-2)11-6-5-9(8-14)7-12(11)13/h5-7,10H,3-4,8,14H2,1-2H3. The van der Waals surface area contributed by atoms with E-state index in [0.717, 1.165) is 24.0 Å². The van der Waals surface area contributed by atoms with E-state index in [2.05, 4.69) is 13.8 Å². The summed E-state index contributed by atoms with van der Waals surface area (Å²) in [6.45, 7) is 4.58. The lowest BCUT2D eigenvalue weighted by atomic mass is 9.93. The molecule has 1 aromatic rings. The molecule has 2 heteroatoms. The minimum atomic E-state index is -0.110. The SMILES string of the molecule is CCC(CC)c1ccc(CN)cc1F. The first-order valence-corrected chi connectivity index (χ1v) is 5.21. The van der Waals surface area contributed by atoms with Crippen molar-refractivity contribution in [3.05, 3.63) is 35.1 Å². The van der Waals surface area contributed by atoms with Crippen LogP contribution in [0, 0.1) is 5.82 Å². The lowest BCUT2D eigenvalue weighted by molar-refractivity contribution is 0.557. The van der Waals surface area contributed by atoms with Crippen LogP contribution >= 0.6 is 0 Å². The molecule has 0 heterocycles. The summed E-state index contributed by atoms with van der Waals surface area (Å²) in [5.74, 6) is 0.225. The van der Waals surface area contributed by atoms with Gasteiger partial charge < -0.3 is 5.73 Å². The molecule has 0 aliphatic carbocycles. The van der Waals surface area contributed by atoms with Crippen LogP contribution in [-0.2, 0) is 6.54 Å². The van der Waals surface area contributed by atoms with Crippen molar-refractivity contribution in [3.8, 4) is 0 Å². The lowest BCUT2D eigenvalue weighted by Crippen LogP contribution is -2.02. The van der Waals surface area contributed by atoms with Crippen LogP contribution in [-0.4, -0.2) is 0 Å². The monoisotopic (exact) mass is 195 g/mol. The van der Waals surface area contributed by atoms with E-state index in [4.69, 9.17) is 5.73 Å². The van der Waals surface area contributed by atoms with Crippen molar-refractivity contribution in [1.29, 1.82) is 0 Å². The van der Waals surface area contributed by atoms with Crippen molar-refractivity contribution in [2.75, 3.05) is 0 Å². The van der Waals surface area contributed by atoms with Crippen LogP contribution in [0.5, 0.6) is 0 Å². The molecule has 0 aliphatic heterocycles. The van der Waals surface area contributed by atoms with Gasteiger partial charge in [-0.3, -0.25) is 0 Å². The average Bonchev–Trinajstić information content (AvgIpc) is 2.22. The minimum Gasteiger partial charge on any atom is -0.326 e. The maximum atomic E-state index is 13.6. The van der Waals surface area contributed by atoms with Crippen LogP contribution < -0.4 is 5.73 Å². The summed E-state index contributed by atoms with van der Waals surface area (Å²) in [5, 5.41) is 0. The van der Waals surface area contributed by atoms with Gasteiger partial charge in [-0.1, -0.05) is 26.0 Å². The number of benzene rings is 1. The van der Waals surface area contributed by atoms with Gasteiger partial charge in [0.25, 0.3) is 0 Å². The molecule has 0 amide bonds. The molecule has 0 atom stereocenters. The Labute approximate surface area is 85.1 Å². The first-order valence-electron chi connectivity index (χ1n) is 5.21. The molecule has 1 aromatic carbocycles. The fraction of sp³-hybridized carbons (Fsp3) is 0.500. The summed E-state index contributed by atoms with van der Waals surface area (Å²) in [7, 11) is 0. The van der Waals surface area contributed by atoms with Crippen LogP contribution in [0.4, 0.5) is 4.39 Å². The molecule has 0 aromatic heterocycles. The molecule has 0 saturated carbocycles. The molecule has 0 unspecified atom stereocenters. The van der Waals surface area contributed by atoms with Crippen LogP contribution in [0.15, 0.2) is 18.2 Å². The maximum absolute atomic E-state index is 13.6. The third-order valence-electron chi connectivity index (χ3n) is 2.73. The van der Waals surface area contributed by atoms with Crippen molar-refractivity contribution in [2.24, 2.45) is 5.73 Å². The number of halogens is 1. The summed E-state index contributed by atoms with van der Waals surface area (Å²) in [5.41, 5.74) is 7.13. The average molecular weight is 195 g/mol. The van der Waals surface area contributed by atoms with E-state index < -0.39 is 0 Å². The zero-order valence-electron chi connectivity index (χ0n) is 8.89. The zero-order chi connectivity index (χ0) is 10.6. The molecular formula is C12H18FN. The molecule has 2 N–H and O–H groups in total. The topological polar surface area (TPSA) is 26.0 Å². The quantitative estimate of drug-likeness (QED) is 0.784. The van der Waals surface area contributed by atoms with Crippen molar-refractivity contribution in [3.63, 3.8) is 0 Å². The second kappa shape index (κ2) is 5.11. The Morgan fingerprint density at radius 1 is 1.29 bits per heavy atom. The second-order valence-corrected chi connectivity index (χ2v) is 3.57. The van der Waals surface area contributed by atoms with Gasteiger partial charge in [0.15, 0.2) is 0 Å². The predicted octanol–water partition coefficient (Wildman–Crippen LogP) is 3.19. The van der Waals surface area contributed by atoms with Crippen LogP contribution in [0.1, 0.15) is 43.7 Å². The Morgan fingerprint density at radius 2 is 1.93 bits per heavy atom. The Morgan fingerprint density at radius 3 is 2.36 bits per heavy atom. The molecule has 78 valence electrons. The summed E-state index contributed by atoms with van der Waals surface area (Å²) < 4.78 is 13.6. The highest BCUT2D eigenvalue weighted by Crippen LogP contribution is 2.25. The molecule has 0 radical (unpaired) electrons. The van der Waals surface area contributed by atoms with Gasteiger partial charge in [-0.15, -0.1) is 0 Å². The van der Waals surface area contributed by atoms with Gasteiger partial charge in [-0.2, -0.15) is 0 Å². The molecule has 1 rings (SSSR count). The Kier molecular flexibility index (Phi) is 4.08. The number of hydrogen-bond donors (Lipinski definition) is 1. The normalized spacial score (nSPS) is 10.9. The van der Waals surface area contributed by atoms with Crippen molar-refractivity contribution < 1.29 is 4.39 Å². The molecule has 0 aliphatic rings. The van der Waals surface area contributed by atoms with E-state index >= 15 is 0 Å². The van der Waals surface area contributed by atoms with Crippen molar-refractivity contribution in [1.82, 2.24) is 0 Å². The molecular weight excluding hydrogens is 177 g/mol. The fourth-order valence-corrected chi connectivity index (χ4v) is 1.76. The first-order chi connectivity index (χ1) is 6.72. The van der Waals surface area contributed by atoms with E-state index in [1.54, 1.807) is 6.07 Å². The minimum absolute atomic E-state index is 0.110. The summed E-state index contributed by atoms with van der Waals surface area (Å²) in [4.78, 5) is 0. The number of rotatable bonds is 4. The number of nitrogens with two attached hydrogens (primary N) is 1. The summed E-state index contributed by atoms with van der Waals surface area (Å²) >= 11 is 0. The largest absolute Gasteiger partial charge is 0.326 e. The third kappa shape index (κ3) is 2.32. The van der Waals surface area contributed by atoms with E-state index in [0.29, 0.717) is 12.5 Å². The molecule has 0 fully saturated rings. The molecule has 0 bridgehead atoms. The van der Waals surface area contributed by atoms with Gasteiger partial charge in [0.1, 0.15) is 5.82 Å². The van der Waals surface area contributed by atoms with Gasteiger partial charge in [-0.25, -0.2) is 4.39 Å². The van der Waals surface area contributed by atoms with Crippen LogP contribution in [0.2, 0.25) is 0 Å². The zero-order valence-corrected chi connectivity index (χ0v) is 8.89. The number of hydrogen-bond acceptors (Lipinski definition) is 1. The highest BCUT2D eigenvalue weighted by molar-refractivity contribution is 5.27. The highest BCUT2D eigenvalue weighted by Gasteiger charge is 2.11. The first kappa shape index (κ1) is 11.2. The van der Waals surface area contributed by atoms with E-state index in [9.17, 15) is 4.39 Å². The second-order valence-electron chi connectivity index (χ2n) is 3.57. The lowest BCUT2D eigenvalue weighted by Gasteiger charge is -2.14. The Balaban J connectivity index is 2.98. The summed E-state index contributed by atoms with van der Waals surface area (Å²) in [6, 6.07) is 5.33. The molecule has 14 heavy (non-hydrogen) atoms. The molecule has 1 nitrogen and oxygen atoms in total. The van der Waals surface area contributed by atoms with Crippen molar-refractivity contribution in [2.45, 2.75) is 39.2 Å². The van der Waals surface area contributed by atoms with Gasteiger partial charge in [0.05, 0.1) is 0 Å². The van der Waals surface area contributed by atoms with E-state index in [1.165, 1.54) is 0 Å². The Bertz CT molecular complexity index is 292. The van der Waals surface area contributed by atoms with E-state index in [1.807, 2.05) is 12.1 Å². The van der Waals surface area contributed by atoms with Crippen molar-refractivity contribution >= 4 is 0 Å². The fourth-order valence-electron chi connectivity index (χ4n) is 1.76. The highest BCUT2D eigenvalue weighted by atomic mass is 19.1. The van der Waals surface area contributed by atoms with Crippen LogP contribution in [0.3, 0.4) is 0 Å². The van der Waals surface area contributed by atoms with Gasteiger partial charge in [0.2, 0.25) is 0 Å². The predicted molar refractivity (Wildman–Crippen MR) is 57.6 cm³/mol. The van der Waals surface area contributed by atoms with E-state index in [-0.39, 0.29) is 5.82 Å². The van der Waals surface area contributed by atoms with Crippen LogP contribution in [0.25, 0.3) is 0 Å². The maximum Gasteiger partial charge on any atom is 0.126 e. The van der Waals surface area contributed by atoms with Gasteiger partial charge in [-0.05, 0) is 36.0 Å². The van der Waals surface area contributed by atoms with Gasteiger partial charge >= 0.3 is 0 Å².